The monoisotopic (exact) mass is 487 g/mol. The zero-order valence-corrected chi connectivity index (χ0v) is 20.1. The van der Waals surface area contributed by atoms with Crippen LogP contribution in [0.2, 0.25) is 5.02 Å². The molecule has 3 rings (SSSR count). The number of hydrogen-bond acceptors (Lipinski definition) is 5. The van der Waals surface area contributed by atoms with E-state index < -0.39 is 15.9 Å². The summed E-state index contributed by atoms with van der Waals surface area (Å²) in [6, 6.07) is 19.7. The fourth-order valence-electron chi connectivity index (χ4n) is 3.12. The van der Waals surface area contributed by atoms with Crippen LogP contribution in [0.3, 0.4) is 0 Å². The van der Waals surface area contributed by atoms with Gasteiger partial charge in [-0.2, -0.15) is 0 Å². The van der Waals surface area contributed by atoms with Gasteiger partial charge in [-0.25, -0.2) is 12.7 Å². The van der Waals surface area contributed by atoms with Gasteiger partial charge in [-0.15, -0.1) is 0 Å². The van der Waals surface area contributed by atoms with E-state index in [4.69, 9.17) is 21.1 Å². The molecule has 6 nitrogen and oxygen atoms in total. The van der Waals surface area contributed by atoms with E-state index in [0.29, 0.717) is 29.5 Å². The Morgan fingerprint density at radius 2 is 1.45 bits per heavy atom. The van der Waals surface area contributed by atoms with Crippen molar-refractivity contribution < 1.29 is 22.7 Å². The van der Waals surface area contributed by atoms with E-state index >= 15 is 0 Å². The number of rotatable bonds is 10. The molecule has 0 aromatic heterocycles. The van der Waals surface area contributed by atoms with Gasteiger partial charge in [0.2, 0.25) is 5.91 Å². The van der Waals surface area contributed by atoms with Crippen LogP contribution in [0.1, 0.15) is 25.3 Å². The van der Waals surface area contributed by atoms with Crippen LogP contribution in [0.15, 0.2) is 77.7 Å². The lowest BCUT2D eigenvalue weighted by molar-refractivity contribution is -0.117. The number of halogens is 1. The highest BCUT2D eigenvalue weighted by Crippen LogP contribution is 2.28. The molecule has 0 N–H and O–H groups in total. The van der Waals surface area contributed by atoms with Crippen LogP contribution in [0.4, 0.5) is 5.69 Å². The third-order valence-electron chi connectivity index (χ3n) is 4.79. The second-order valence-corrected chi connectivity index (χ2v) is 9.53. The Morgan fingerprint density at radius 3 is 2.06 bits per heavy atom. The summed E-state index contributed by atoms with van der Waals surface area (Å²) in [5.41, 5.74) is 1.36. The average molecular weight is 488 g/mol. The van der Waals surface area contributed by atoms with Gasteiger partial charge in [-0.3, -0.25) is 4.79 Å². The van der Waals surface area contributed by atoms with Gasteiger partial charge < -0.3 is 9.47 Å². The van der Waals surface area contributed by atoms with Gasteiger partial charge >= 0.3 is 0 Å². The third-order valence-corrected chi connectivity index (χ3v) is 6.80. The molecule has 3 aromatic rings. The number of sulfonamides is 1. The molecular weight excluding hydrogens is 462 g/mol. The minimum atomic E-state index is -4.15. The molecule has 0 aliphatic heterocycles. The summed E-state index contributed by atoms with van der Waals surface area (Å²) in [4.78, 5) is 13.1. The molecule has 3 aromatic carbocycles. The zero-order chi connectivity index (χ0) is 23.8. The minimum absolute atomic E-state index is 0.00804. The number of hydrogen-bond donors (Lipinski definition) is 0. The van der Waals surface area contributed by atoms with Gasteiger partial charge in [0.1, 0.15) is 11.5 Å². The van der Waals surface area contributed by atoms with E-state index in [-0.39, 0.29) is 23.6 Å². The number of nitrogens with zero attached hydrogens (tertiary/aromatic N) is 1. The zero-order valence-electron chi connectivity index (χ0n) is 18.5. The summed E-state index contributed by atoms with van der Waals surface area (Å²) in [5.74, 6) is 0.732. The Hall–Kier alpha value is -3.03. The van der Waals surface area contributed by atoms with Gasteiger partial charge in [0.15, 0.2) is 0 Å². The van der Waals surface area contributed by atoms with Gasteiger partial charge in [-0.1, -0.05) is 29.3 Å². The predicted octanol–water partition coefficient (Wildman–Crippen LogP) is 5.63. The summed E-state index contributed by atoms with van der Waals surface area (Å²) in [6.45, 7) is 4.60. The van der Waals surface area contributed by atoms with Crippen LogP contribution in [0, 0.1) is 6.92 Å². The lowest BCUT2D eigenvalue weighted by Gasteiger charge is -2.23. The van der Waals surface area contributed by atoms with Crippen molar-refractivity contribution in [3.63, 3.8) is 0 Å². The first kappa shape index (κ1) is 24.6. The summed E-state index contributed by atoms with van der Waals surface area (Å²) >= 11 is 5.91. The van der Waals surface area contributed by atoms with Crippen molar-refractivity contribution in [3.8, 4) is 11.5 Å². The molecule has 33 heavy (non-hydrogen) atoms. The summed E-state index contributed by atoms with van der Waals surface area (Å²) in [7, 11) is -4.15. The number of anilines is 1. The largest absolute Gasteiger partial charge is 0.494 e. The van der Waals surface area contributed by atoms with Crippen molar-refractivity contribution in [2.24, 2.45) is 0 Å². The van der Waals surface area contributed by atoms with E-state index in [9.17, 15) is 13.2 Å². The molecule has 0 unspecified atom stereocenters. The van der Waals surface area contributed by atoms with E-state index in [1.165, 1.54) is 24.3 Å². The quantitative estimate of drug-likeness (QED) is 0.346. The average Bonchev–Trinajstić information content (AvgIpc) is 2.79. The molecule has 0 atom stereocenters. The van der Waals surface area contributed by atoms with E-state index in [2.05, 4.69) is 0 Å². The van der Waals surface area contributed by atoms with Crippen LogP contribution < -0.4 is 13.8 Å². The van der Waals surface area contributed by atoms with Crippen LogP contribution in [-0.4, -0.2) is 27.5 Å². The topological polar surface area (TPSA) is 72.9 Å². The second-order valence-electron chi connectivity index (χ2n) is 7.31. The first-order chi connectivity index (χ1) is 15.8. The molecule has 1 amide bonds. The maximum Gasteiger partial charge on any atom is 0.270 e. The lowest BCUT2D eigenvalue weighted by Crippen LogP contribution is -2.37. The van der Waals surface area contributed by atoms with Gasteiger partial charge in [-0.05, 0) is 80.9 Å². The van der Waals surface area contributed by atoms with Crippen molar-refractivity contribution in [2.75, 3.05) is 17.5 Å². The Kier molecular flexibility index (Phi) is 8.36. The van der Waals surface area contributed by atoms with Crippen molar-refractivity contribution in [3.05, 3.63) is 83.4 Å². The standard InChI is InChI=1S/C25H26ClNO5S/c1-3-31-22-14-10-21(11-15-22)27(33(29,30)24-16-8-20(26)9-17-24)25(28)5-4-18-32-23-12-6-19(2)7-13-23/h6-17H,3-5,18H2,1-2H3. The smallest absolute Gasteiger partial charge is 0.270 e. The fourth-order valence-corrected chi connectivity index (χ4v) is 4.70. The molecule has 8 heteroatoms. The van der Waals surface area contributed by atoms with Gasteiger partial charge in [0, 0.05) is 11.4 Å². The molecule has 174 valence electrons. The Bertz CT molecular complexity index is 1160. The van der Waals surface area contributed by atoms with Crippen LogP contribution in [0.25, 0.3) is 0 Å². The molecule has 0 aliphatic rings. The number of carbonyl (C=O) groups excluding carboxylic acids is 1. The van der Waals surface area contributed by atoms with Crippen LogP contribution >= 0.6 is 11.6 Å². The predicted molar refractivity (Wildman–Crippen MR) is 130 cm³/mol. The SMILES string of the molecule is CCOc1ccc(N(C(=O)CCCOc2ccc(C)cc2)S(=O)(=O)c2ccc(Cl)cc2)cc1. The molecular formula is C25H26ClNO5S. The van der Waals surface area contributed by atoms with Crippen molar-refractivity contribution >= 4 is 33.2 Å². The third kappa shape index (κ3) is 6.49. The summed E-state index contributed by atoms with van der Waals surface area (Å²) in [6.07, 6.45) is 0.349. The molecule has 0 spiro atoms. The molecule has 0 fully saturated rings. The highest BCUT2D eigenvalue weighted by molar-refractivity contribution is 7.93. The van der Waals surface area contributed by atoms with Crippen LogP contribution in [-0.2, 0) is 14.8 Å². The fraction of sp³-hybridized carbons (Fsp3) is 0.240. The summed E-state index contributed by atoms with van der Waals surface area (Å²) in [5, 5.41) is 0.404. The molecule has 0 bridgehead atoms. The van der Waals surface area contributed by atoms with E-state index in [0.717, 1.165) is 9.87 Å². The molecule has 0 heterocycles. The van der Waals surface area contributed by atoms with Gasteiger partial charge in [0.05, 0.1) is 23.8 Å². The number of ether oxygens (including phenoxy) is 2. The van der Waals surface area contributed by atoms with E-state index in [1.54, 1.807) is 24.3 Å². The van der Waals surface area contributed by atoms with Gasteiger partial charge in [0.25, 0.3) is 10.0 Å². The Balaban J connectivity index is 1.79. The maximum absolute atomic E-state index is 13.4. The van der Waals surface area contributed by atoms with Crippen molar-refractivity contribution in [1.29, 1.82) is 0 Å². The number of carbonyl (C=O) groups is 1. The summed E-state index contributed by atoms with van der Waals surface area (Å²) < 4.78 is 38.7. The number of benzene rings is 3. The highest BCUT2D eigenvalue weighted by atomic mass is 35.5. The number of aryl methyl sites for hydroxylation is 1. The first-order valence-electron chi connectivity index (χ1n) is 10.6. The first-order valence-corrected chi connectivity index (χ1v) is 12.4. The van der Waals surface area contributed by atoms with Crippen LogP contribution in [0.5, 0.6) is 11.5 Å². The maximum atomic E-state index is 13.4. The minimum Gasteiger partial charge on any atom is -0.494 e. The molecule has 0 saturated heterocycles. The van der Waals surface area contributed by atoms with E-state index in [1.807, 2.05) is 38.1 Å². The Morgan fingerprint density at radius 1 is 0.879 bits per heavy atom. The van der Waals surface area contributed by atoms with Crippen molar-refractivity contribution in [2.45, 2.75) is 31.6 Å². The Labute approximate surface area is 199 Å². The normalized spacial score (nSPS) is 11.1. The second kappa shape index (κ2) is 11.2. The molecule has 0 radical (unpaired) electrons. The van der Waals surface area contributed by atoms with Crippen molar-refractivity contribution in [1.82, 2.24) is 0 Å². The lowest BCUT2D eigenvalue weighted by atomic mass is 10.2. The molecule has 0 saturated carbocycles. The number of amides is 1. The molecule has 0 aliphatic carbocycles. The highest BCUT2D eigenvalue weighted by Gasteiger charge is 2.30.